The first kappa shape index (κ1) is 13.0. The zero-order valence-corrected chi connectivity index (χ0v) is 9.52. The Hall–Kier alpha value is -2.10. The maximum absolute atomic E-state index is 11.4. The summed E-state index contributed by atoms with van der Waals surface area (Å²) in [5.41, 5.74) is 5.92. The largest absolute Gasteiger partial charge is 0.427 e. The Bertz CT molecular complexity index is 409. The van der Waals surface area contributed by atoms with Crippen molar-refractivity contribution in [2.45, 2.75) is 19.3 Å². The number of esters is 1. The number of rotatable bonds is 6. The lowest BCUT2D eigenvalue weighted by Gasteiger charge is -2.03. The Kier molecular flexibility index (Phi) is 4.94. The number of benzene rings is 1. The second-order valence-corrected chi connectivity index (χ2v) is 3.57. The van der Waals surface area contributed by atoms with Crippen molar-refractivity contribution in [1.29, 1.82) is 0 Å². The molecule has 0 saturated heterocycles. The van der Waals surface area contributed by atoms with Gasteiger partial charge in [0, 0.05) is 12.8 Å². The van der Waals surface area contributed by atoms with Crippen molar-refractivity contribution >= 4 is 18.0 Å². The maximum Gasteiger partial charge on any atom is 0.311 e. The second kappa shape index (κ2) is 6.48. The van der Waals surface area contributed by atoms with Crippen LogP contribution in [0.4, 0.5) is 0 Å². The van der Waals surface area contributed by atoms with Gasteiger partial charge in [-0.2, -0.15) is 0 Å². The quantitative estimate of drug-likeness (QED) is 0.602. The first-order valence-corrected chi connectivity index (χ1v) is 5.33. The fraction of sp³-hybridized carbons (Fsp3) is 0.231. The Balaban J connectivity index is 2.39. The molecule has 90 valence electrons. The van der Waals surface area contributed by atoms with E-state index < -0.39 is 5.91 Å². The van der Waals surface area contributed by atoms with E-state index in [1.54, 1.807) is 30.3 Å². The van der Waals surface area contributed by atoms with E-state index in [4.69, 9.17) is 10.5 Å². The average Bonchev–Trinajstić information content (AvgIpc) is 2.29. The summed E-state index contributed by atoms with van der Waals surface area (Å²) in [6.45, 7) is 3.63. The summed E-state index contributed by atoms with van der Waals surface area (Å²) in [5.74, 6) is -0.287. The summed E-state index contributed by atoms with van der Waals surface area (Å²) in [6.07, 6.45) is 2.51. The minimum Gasteiger partial charge on any atom is -0.427 e. The third kappa shape index (κ3) is 4.97. The lowest BCUT2D eigenvalue weighted by Crippen LogP contribution is -2.12. The molecule has 2 N–H and O–H groups in total. The third-order valence-corrected chi connectivity index (χ3v) is 2.15. The van der Waals surface area contributed by atoms with Crippen molar-refractivity contribution in [3.63, 3.8) is 0 Å². The molecule has 1 rings (SSSR count). The van der Waals surface area contributed by atoms with Crippen LogP contribution >= 0.6 is 0 Å². The van der Waals surface area contributed by atoms with Crippen molar-refractivity contribution in [2.24, 2.45) is 5.73 Å². The summed E-state index contributed by atoms with van der Waals surface area (Å²) in [7, 11) is 0. The number of hydrogen-bond acceptors (Lipinski definition) is 3. The maximum atomic E-state index is 11.4. The molecular formula is C13H15NO3. The van der Waals surface area contributed by atoms with Gasteiger partial charge in [0.15, 0.2) is 0 Å². The van der Waals surface area contributed by atoms with Crippen molar-refractivity contribution < 1.29 is 14.3 Å². The molecule has 4 heteroatoms. The Morgan fingerprint density at radius 3 is 2.41 bits per heavy atom. The predicted octanol–water partition coefficient (Wildman–Crippen LogP) is 1.89. The molecule has 0 aliphatic carbocycles. The number of hydrogen-bond donors (Lipinski definition) is 1. The average molecular weight is 233 g/mol. The van der Waals surface area contributed by atoms with E-state index in [0.717, 1.165) is 5.56 Å². The van der Waals surface area contributed by atoms with E-state index in [9.17, 15) is 9.59 Å². The molecule has 0 aliphatic rings. The highest BCUT2D eigenvalue weighted by Crippen LogP contribution is 2.13. The normalized spacial score (nSPS) is 9.65. The Labute approximate surface area is 100 Å². The summed E-state index contributed by atoms with van der Waals surface area (Å²) >= 11 is 0. The topological polar surface area (TPSA) is 69.4 Å². The van der Waals surface area contributed by atoms with E-state index in [1.807, 2.05) is 0 Å². The minimum atomic E-state index is -0.409. The first-order valence-electron chi connectivity index (χ1n) is 5.33. The summed E-state index contributed by atoms with van der Waals surface area (Å²) in [4.78, 5) is 21.8. The lowest BCUT2D eigenvalue weighted by atomic mass is 10.2. The summed E-state index contributed by atoms with van der Waals surface area (Å²) in [5, 5.41) is 0. The van der Waals surface area contributed by atoms with Gasteiger partial charge in [-0.1, -0.05) is 24.8 Å². The van der Waals surface area contributed by atoms with Gasteiger partial charge in [0.05, 0.1) is 0 Å². The van der Waals surface area contributed by atoms with E-state index in [0.29, 0.717) is 12.2 Å². The molecule has 17 heavy (non-hydrogen) atoms. The molecular weight excluding hydrogens is 218 g/mol. The Morgan fingerprint density at radius 2 is 1.88 bits per heavy atom. The van der Waals surface area contributed by atoms with Gasteiger partial charge >= 0.3 is 5.97 Å². The van der Waals surface area contributed by atoms with Gasteiger partial charge in [-0.25, -0.2) is 0 Å². The molecule has 0 saturated carbocycles. The molecule has 4 nitrogen and oxygen atoms in total. The molecule has 0 atom stereocenters. The number of ether oxygens (including phenoxy) is 1. The van der Waals surface area contributed by atoms with Crippen LogP contribution in [0.3, 0.4) is 0 Å². The molecule has 0 bridgehead atoms. The highest BCUT2D eigenvalue weighted by atomic mass is 16.5. The zero-order valence-electron chi connectivity index (χ0n) is 9.52. The van der Waals surface area contributed by atoms with Gasteiger partial charge in [-0.3, -0.25) is 9.59 Å². The SMILES string of the molecule is C=Cc1ccc(OC(=O)CCCC(N)=O)cc1. The van der Waals surface area contributed by atoms with E-state index in [1.165, 1.54) is 0 Å². The summed E-state index contributed by atoms with van der Waals surface area (Å²) < 4.78 is 5.07. The number of primary amides is 1. The molecule has 1 amide bonds. The highest BCUT2D eigenvalue weighted by Gasteiger charge is 2.05. The standard InChI is InChI=1S/C13H15NO3/c1-2-10-6-8-11(9-7-10)17-13(16)5-3-4-12(14)15/h2,6-9H,1,3-5H2,(H2,14,15). The Morgan fingerprint density at radius 1 is 1.24 bits per heavy atom. The molecule has 0 spiro atoms. The molecule has 1 aromatic carbocycles. The van der Waals surface area contributed by atoms with Gasteiger partial charge in [0.2, 0.25) is 5.91 Å². The molecule has 1 aromatic rings. The number of nitrogens with two attached hydrogens (primary N) is 1. The molecule has 0 heterocycles. The minimum absolute atomic E-state index is 0.187. The van der Waals surface area contributed by atoms with Crippen LogP contribution in [0.1, 0.15) is 24.8 Å². The summed E-state index contributed by atoms with van der Waals surface area (Å²) in [6, 6.07) is 7.00. The van der Waals surface area contributed by atoms with Crippen LogP contribution in [-0.2, 0) is 9.59 Å². The van der Waals surface area contributed by atoms with Crippen LogP contribution in [0.25, 0.3) is 6.08 Å². The van der Waals surface area contributed by atoms with Gasteiger partial charge in [-0.15, -0.1) is 0 Å². The highest BCUT2D eigenvalue weighted by molar-refractivity contribution is 5.76. The van der Waals surface area contributed by atoms with Crippen LogP contribution in [0.5, 0.6) is 5.75 Å². The predicted molar refractivity (Wildman–Crippen MR) is 65.2 cm³/mol. The molecule has 0 radical (unpaired) electrons. The van der Waals surface area contributed by atoms with Crippen LogP contribution in [0.2, 0.25) is 0 Å². The zero-order chi connectivity index (χ0) is 12.7. The van der Waals surface area contributed by atoms with Gasteiger partial charge in [0.25, 0.3) is 0 Å². The second-order valence-electron chi connectivity index (χ2n) is 3.57. The molecule has 0 aromatic heterocycles. The fourth-order valence-corrected chi connectivity index (χ4v) is 1.26. The van der Waals surface area contributed by atoms with E-state index in [-0.39, 0.29) is 18.8 Å². The van der Waals surface area contributed by atoms with Crippen molar-refractivity contribution in [3.8, 4) is 5.75 Å². The fourth-order valence-electron chi connectivity index (χ4n) is 1.26. The van der Waals surface area contributed by atoms with Crippen molar-refractivity contribution in [2.75, 3.05) is 0 Å². The van der Waals surface area contributed by atoms with E-state index >= 15 is 0 Å². The first-order chi connectivity index (χ1) is 8.11. The van der Waals surface area contributed by atoms with E-state index in [2.05, 4.69) is 6.58 Å². The molecule has 0 unspecified atom stereocenters. The van der Waals surface area contributed by atoms with Crippen LogP contribution in [0.15, 0.2) is 30.8 Å². The molecule has 0 aliphatic heterocycles. The third-order valence-electron chi connectivity index (χ3n) is 2.15. The van der Waals surface area contributed by atoms with Crippen LogP contribution < -0.4 is 10.5 Å². The van der Waals surface area contributed by atoms with Gasteiger partial charge in [0.1, 0.15) is 5.75 Å². The smallest absolute Gasteiger partial charge is 0.311 e. The van der Waals surface area contributed by atoms with Gasteiger partial charge in [-0.05, 0) is 24.1 Å². The van der Waals surface area contributed by atoms with Crippen LogP contribution in [-0.4, -0.2) is 11.9 Å². The van der Waals surface area contributed by atoms with Crippen molar-refractivity contribution in [3.05, 3.63) is 36.4 Å². The van der Waals surface area contributed by atoms with Crippen molar-refractivity contribution in [1.82, 2.24) is 0 Å². The van der Waals surface area contributed by atoms with Gasteiger partial charge < -0.3 is 10.5 Å². The van der Waals surface area contributed by atoms with Crippen LogP contribution in [0, 0.1) is 0 Å². The number of carbonyl (C=O) groups is 2. The lowest BCUT2D eigenvalue weighted by molar-refractivity contribution is -0.134. The number of carbonyl (C=O) groups excluding carboxylic acids is 2. The number of amides is 1. The monoisotopic (exact) mass is 233 g/mol. The molecule has 0 fully saturated rings.